The predicted molar refractivity (Wildman–Crippen MR) is 99.1 cm³/mol. The molecule has 1 rings (SSSR count). The molecule has 4 N–H and O–H groups in total. The molecule has 0 aliphatic carbocycles. The van der Waals surface area contributed by atoms with Crippen molar-refractivity contribution in [2.24, 2.45) is 11.5 Å². The van der Waals surface area contributed by atoms with Crippen LogP contribution >= 0.6 is 12.4 Å². The van der Waals surface area contributed by atoms with Gasteiger partial charge in [0.05, 0.1) is 0 Å². The lowest BCUT2D eigenvalue weighted by molar-refractivity contribution is -0.156. The number of halogens is 1. The minimum absolute atomic E-state index is 0. The van der Waals surface area contributed by atoms with Crippen molar-refractivity contribution in [2.45, 2.75) is 64.3 Å². The van der Waals surface area contributed by atoms with E-state index in [-0.39, 0.29) is 19.0 Å². The number of carbonyl (C=O) groups is 2. The lowest BCUT2D eigenvalue weighted by Gasteiger charge is -2.22. The lowest BCUT2D eigenvalue weighted by atomic mass is 10.1. The fourth-order valence-corrected chi connectivity index (χ4v) is 2.01. The first-order valence-electron chi connectivity index (χ1n) is 8.13. The maximum absolute atomic E-state index is 11.8. The zero-order valence-electron chi connectivity index (χ0n) is 15.1. The summed E-state index contributed by atoms with van der Waals surface area (Å²) in [6, 6.07) is 7.96. The molecule has 0 amide bonds. The minimum Gasteiger partial charge on any atom is -0.460 e. The smallest absolute Gasteiger partial charge is 0.323 e. The molecular formula is C18H29ClN2O4. The van der Waals surface area contributed by atoms with Crippen LogP contribution in [0.25, 0.3) is 0 Å². The summed E-state index contributed by atoms with van der Waals surface area (Å²) in [6.45, 7) is 5.56. The molecule has 0 saturated heterocycles. The normalized spacial score (nSPS) is 13.3. The van der Waals surface area contributed by atoms with Crippen LogP contribution in [0.4, 0.5) is 0 Å². The first-order valence-corrected chi connectivity index (χ1v) is 8.13. The molecule has 0 fully saturated rings. The molecule has 0 saturated carbocycles. The highest BCUT2D eigenvalue weighted by Gasteiger charge is 2.22. The summed E-state index contributed by atoms with van der Waals surface area (Å²) in [5, 5.41) is 0. The highest BCUT2D eigenvalue weighted by atomic mass is 35.5. The van der Waals surface area contributed by atoms with Crippen LogP contribution in [0, 0.1) is 0 Å². The average Bonchev–Trinajstić information content (AvgIpc) is 2.51. The summed E-state index contributed by atoms with van der Waals surface area (Å²) in [5.74, 6) is -0.896. The summed E-state index contributed by atoms with van der Waals surface area (Å²) in [4.78, 5) is 23.6. The fourth-order valence-electron chi connectivity index (χ4n) is 2.01. The van der Waals surface area contributed by atoms with E-state index in [0.717, 1.165) is 5.56 Å². The van der Waals surface area contributed by atoms with E-state index in [1.165, 1.54) is 0 Å². The molecule has 0 heterocycles. The Hall–Kier alpha value is -1.63. The van der Waals surface area contributed by atoms with Gasteiger partial charge in [0.15, 0.2) is 0 Å². The number of benzene rings is 1. The zero-order valence-corrected chi connectivity index (χ0v) is 15.9. The molecule has 6 nitrogen and oxygen atoms in total. The lowest BCUT2D eigenvalue weighted by Crippen LogP contribution is -2.38. The molecular weight excluding hydrogens is 344 g/mol. The molecule has 0 bridgehead atoms. The Balaban J connectivity index is 0.00000576. The SMILES string of the molecule is CC(C)(C)OC(=O)C(N)CCC[C@H](N)C(=O)OCc1ccccc1.Cl. The van der Waals surface area contributed by atoms with Gasteiger partial charge in [-0.25, -0.2) is 0 Å². The van der Waals surface area contributed by atoms with E-state index in [2.05, 4.69) is 0 Å². The molecule has 0 radical (unpaired) electrons. The van der Waals surface area contributed by atoms with Gasteiger partial charge in [0.2, 0.25) is 0 Å². The van der Waals surface area contributed by atoms with Crippen LogP contribution in [-0.2, 0) is 25.7 Å². The van der Waals surface area contributed by atoms with Crippen molar-refractivity contribution in [2.75, 3.05) is 0 Å². The van der Waals surface area contributed by atoms with E-state index in [1.807, 2.05) is 30.3 Å². The molecule has 1 aromatic rings. The van der Waals surface area contributed by atoms with Crippen LogP contribution in [0.2, 0.25) is 0 Å². The second-order valence-electron chi connectivity index (χ2n) is 6.77. The van der Waals surface area contributed by atoms with Gasteiger partial charge in [-0.15, -0.1) is 12.4 Å². The van der Waals surface area contributed by atoms with Crippen LogP contribution < -0.4 is 11.5 Å². The summed E-state index contributed by atoms with van der Waals surface area (Å²) >= 11 is 0. The van der Waals surface area contributed by atoms with Gasteiger partial charge < -0.3 is 20.9 Å². The van der Waals surface area contributed by atoms with Gasteiger partial charge in [-0.2, -0.15) is 0 Å². The van der Waals surface area contributed by atoms with Crippen LogP contribution in [0.5, 0.6) is 0 Å². The Morgan fingerprint density at radius 3 is 2.04 bits per heavy atom. The minimum atomic E-state index is -0.723. The highest BCUT2D eigenvalue weighted by Crippen LogP contribution is 2.11. The van der Waals surface area contributed by atoms with E-state index < -0.39 is 29.6 Å². The molecule has 25 heavy (non-hydrogen) atoms. The molecule has 0 aliphatic rings. The Morgan fingerprint density at radius 2 is 1.52 bits per heavy atom. The molecule has 7 heteroatoms. The summed E-state index contributed by atoms with van der Waals surface area (Å²) < 4.78 is 10.4. The van der Waals surface area contributed by atoms with E-state index in [0.29, 0.717) is 19.3 Å². The number of hydrogen-bond donors (Lipinski definition) is 2. The summed E-state index contributed by atoms with van der Waals surface area (Å²) in [6.07, 6.45) is 1.36. The van der Waals surface area contributed by atoms with Crippen LogP contribution in [-0.4, -0.2) is 29.6 Å². The number of esters is 2. The molecule has 1 unspecified atom stereocenters. The molecule has 0 spiro atoms. The van der Waals surface area contributed by atoms with Gasteiger partial charge in [0.1, 0.15) is 24.3 Å². The van der Waals surface area contributed by atoms with Gasteiger partial charge in [0.25, 0.3) is 0 Å². The van der Waals surface area contributed by atoms with E-state index in [4.69, 9.17) is 20.9 Å². The monoisotopic (exact) mass is 372 g/mol. The van der Waals surface area contributed by atoms with Gasteiger partial charge in [-0.3, -0.25) is 9.59 Å². The van der Waals surface area contributed by atoms with Crippen molar-refractivity contribution in [3.63, 3.8) is 0 Å². The molecule has 1 aromatic carbocycles. The third-order valence-electron chi connectivity index (χ3n) is 3.27. The first-order chi connectivity index (χ1) is 11.2. The predicted octanol–water partition coefficient (Wildman–Crippen LogP) is 2.32. The topological polar surface area (TPSA) is 105 Å². The van der Waals surface area contributed by atoms with Crippen molar-refractivity contribution in [3.05, 3.63) is 35.9 Å². The molecule has 2 atom stereocenters. The van der Waals surface area contributed by atoms with Crippen molar-refractivity contribution in [1.82, 2.24) is 0 Å². The van der Waals surface area contributed by atoms with Crippen LogP contribution in [0.3, 0.4) is 0 Å². The maximum atomic E-state index is 11.8. The largest absolute Gasteiger partial charge is 0.460 e. The Labute approximate surface area is 155 Å². The van der Waals surface area contributed by atoms with E-state index in [9.17, 15) is 9.59 Å². The van der Waals surface area contributed by atoms with Crippen LogP contribution in [0.15, 0.2) is 30.3 Å². The summed E-state index contributed by atoms with van der Waals surface area (Å²) in [7, 11) is 0. The number of carbonyl (C=O) groups excluding carboxylic acids is 2. The van der Waals surface area contributed by atoms with Gasteiger partial charge in [-0.05, 0) is 45.6 Å². The number of ether oxygens (including phenoxy) is 2. The third-order valence-corrected chi connectivity index (χ3v) is 3.27. The average molecular weight is 373 g/mol. The van der Waals surface area contributed by atoms with E-state index in [1.54, 1.807) is 20.8 Å². The fraction of sp³-hybridized carbons (Fsp3) is 0.556. The Bertz CT molecular complexity index is 532. The number of rotatable bonds is 8. The number of hydrogen-bond acceptors (Lipinski definition) is 6. The molecule has 0 aromatic heterocycles. The zero-order chi connectivity index (χ0) is 18.2. The Morgan fingerprint density at radius 1 is 1.00 bits per heavy atom. The quantitative estimate of drug-likeness (QED) is 0.678. The van der Waals surface area contributed by atoms with E-state index >= 15 is 0 Å². The first kappa shape index (κ1) is 23.4. The standard InChI is InChI=1S/C18H28N2O4.ClH/c1-18(2,3)24-17(22)15(20)11-7-10-14(19)16(21)23-12-13-8-5-4-6-9-13;/h4-6,8-9,14-15H,7,10-12,19-20H2,1-3H3;1H/t14-,15?;/m0./s1. The van der Waals surface area contributed by atoms with Crippen molar-refractivity contribution in [1.29, 1.82) is 0 Å². The number of nitrogens with two attached hydrogens (primary N) is 2. The highest BCUT2D eigenvalue weighted by molar-refractivity contribution is 5.85. The van der Waals surface area contributed by atoms with Crippen LogP contribution in [0.1, 0.15) is 45.6 Å². The molecule has 142 valence electrons. The van der Waals surface area contributed by atoms with Gasteiger partial charge in [0, 0.05) is 0 Å². The molecule has 0 aliphatic heterocycles. The van der Waals surface area contributed by atoms with Crippen molar-refractivity contribution in [3.8, 4) is 0 Å². The maximum Gasteiger partial charge on any atom is 0.323 e. The van der Waals surface area contributed by atoms with Crippen molar-refractivity contribution >= 4 is 24.3 Å². The Kier molecular flexibility index (Phi) is 10.4. The second kappa shape index (κ2) is 11.1. The van der Waals surface area contributed by atoms with Crippen molar-refractivity contribution < 1.29 is 19.1 Å². The third kappa shape index (κ3) is 10.1. The van der Waals surface area contributed by atoms with Gasteiger partial charge >= 0.3 is 11.9 Å². The van der Waals surface area contributed by atoms with Gasteiger partial charge in [-0.1, -0.05) is 30.3 Å². The second-order valence-corrected chi connectivity index (χ2v) is 6.77. The summed E-state index contributed by atoms with van der Waals surface area (Å²) in [5.41, 5.74) is 11.9.